The van der Waals surface area contributed by atoms with Gasteiger partial charge in [-0.25, -0.2) is 0 Å². The monoisotopic (exact) mass is 330 g/mol. The van der Waals surface area contributed by atoms with E-state index in [4.69, 9.17) is 8.94 Å². The summed E-state index contributed by atoms with van der Waals surface area (Å²) < 4.78 is 22.3. The first-order chi connectivity index (χ1) is 11.2. The van der Waals surface area contributed by atoms with Crippen molar-refractivity contribution in [2.45, 2.75) is 4.90 Å². The summed E-state index contributed by atoms with van der Waals surface area (Å²) in [5.41, 5.74) is 0.155. The van der Waals surface area contributed by atoms with E-state index in [-0.39, 0.29) is 18.1 Å². The Kier molecular flexibility index (Phi) is 4.68. The fourth-order valence-electron chi connectivity index (χ4n) is 1.96. The summed E-state index contributed by atoms with van der Waals surface area (Å²) in [5, 5.41) is 6.38. The van der Waals surface area contributed by atoms with Gasteiger partial charge in [-0.15, -0.1) is 0 Å². The van der Waals surface area contributed by atoms with E-state index in [2.05, 4.69) is 10.5 Å². The van der Waals surface area contributed by atoms with Crippen molar-refractivity contribution in [3.8, 4) is 11.5 Å². The molecule has 6 nitrogen and oxygen atoms in total. The van der Waals surface area contributed by atoms with Gasteiger partial charge in [-0.1, -0.05) is 23.4 Å². The van der Waals surface area contributed by atoms with Crippen LogP contribution in [0.4, 0.5) is 0 Å². The highest BCUT2D eigenvalue weighted by Crippen LogP contribution is 2.20. The van der Waals surface area contributed by atoms with E-state index >= 15 is 0 Å². The zero-order chi connectivity index (χ0) is 16.1. The van der Waals surface area contributed by atoms with E-state index in [1.165, 1.54) is 12.3 Å². The number of hydrogen-bond acceptors (Lipinski definition) is 5. The van der Waals surface area contributed by atoms with Crippen LogP contribution in [0, 0.1) is 0 Å². The molecule has 118 valence electrons. The van der Waals surface area contributed by atoms with Crippen molar-refractivity contribution in [3.05, 3.63) is 60.5 Å². The molecule has 1 N–H and O–H groups in total. The maximum atomic E-state index is 12.0. The van der Waals surface area contributed by atoms with Crippen molar-refractivity contribution in [1.29, 1.82) is 0 Å². The van der Waals surface area contributed by atoms with Gasteiger partial charge in [0, 0.05) is 23.3 Å². The fraction of sp³-hybridized carbons (Fsp3) is 0.125. The van der Waals surface area contributed by atoms with Gasteiger partial charge in [-0.3, -0.25) is 9.00 Å². The summed E-state index contributed by atoms with van der Waals surface area (Å²) in [5.74, 6) is 0.838. The van der Waals surface area contributed by atoms with E-state index in [1.54, 1.807) is 24.3 Å². The third-order valence-electron chi connectivity index (χ3n) is 3.09. The molecule has 3 aromatic rings. The summed E-state index contributed by atoms with van der Waals surface area (Å²) in [7, 11) is -1.15. The van der Waals surface area contributed by atoms with E-state index in [1.807, 2.05) is 18.2 Å². The largest absolute Gasteiger partial charge is 0.461 e. The molecule has 0 fully saturated rings. The molecule has 23 heavy (non-hydrogen) atoms. The maximum absolute atomic E-state index is 12.0. The predicted octanol–water partition coefficient (Wildman–Crippen LogP) is 2.47. The van der Waals surface area contributed by atoms with Gasteiger partial charge in [0.05, 0.1) is 17.1 Å². The zero-order valence-corrected chi connectivity index (χ0v) is 12.9. The Morgan fingerprint density at radius 1 is 1.13 bits per heavy atom. The first-order valence-corrected chi connectivity index (χ1v) is 8.28. The van der Waals surface area contributed by atoms with E-state index < -0.39 is 10.8 Å². The Bertz CT molecular complexity index is 797. The standard InChI is InChI=1S/C16H14N2O4S/c19-16(13-11-15(22-18-13)14-7-4-9-21-14)17-8-10-23(20)12-5-2-1-3-6-12/h1-7,9,11H,8,10H2,(H,17,19)/t23-/m1/s1. The van der Waals surface area contributed by atoms with Crippen LogP contribution < -0.4 is 5.32 Å². The molecular formula is C16H14N2O4S. The molecular weight excluding hydrogens is 316 g/mol. The molecule has 0 aliphatic rings. The SMILES string of the molecule is O=C(NCC[S@@](=O)c1ccccc1)c1cc(-c2ccco2)on1. The summed E-state index contributed by atoms with van der Waals surface area (Å²) >= 11 is 0. The minimum absolute atomic E-state index is 0.155. The maximum Gasteiger partial charge on any atom is 0.273 e. The number of benzene rings is 1. The van der Waals surface area contributed by atoms with Gasteiger partial charge in [0.2, 0.25) is 5.76 Å². The number of amides is 1. The van der Waals surface area contributed by atoms with Crippen molar-refractivity contribution >= 4 is 16.7 Å². The van der Waals surface area contributed by atoms with Gasteiger partial charge < -0.3 is 14.3 Å². The lowest BCUT2D eigenvalue weighted by atomic mass is 10.3. The molecule has 3 rings (SSSR count). The van der Waals surface area contributed by atoms with E-state index in [0.717, 1.165) is 4.90 Å². The van der Waals surface area contributed by atoms with Crippen molar-refractivity contribution in [2.24, 2.45) is 0 Å². The molecule has 0 aliphatic heterocycles. The molecule has 1 atom stereocenters. The van der Waals surface area contributed by atoms with Crippen molar-refractivity contribution in [2.75, 3.05) is 12.3 Å². The number of aromatic nitrogens is 1. The van der Waals surface area contributed by atoms with Crippen LogP contribution in [0.2, 0.25) is 0 Å². The average Bonchev–Trinajstić information content (AvgIpc) is 3.26. The Morgan fingerprint density at radius 2 is 1.96 bits per heavy atom. The highest BCUT2D eigenvalue weighted by Gasteiger charge is 2.15. The van der Waals surface area contributed by atoms with Gasteiger partial charge in [0.25, 0.3) is 5.91 Å². The summed E-state index contributed by atoms with van der Waals surface area (Å²) in [6, 6.07) is 14.1. The van der Waals surface area contributed by atoms with E-state index in [0.29, 0.717) is 17.3 Å². The molecule has 0 aliphatic carbocycles. The minimum atomic E-state index is -1.15. The number of rotatable bonds is 6. The molecule has 0 saturated carbocycles. The van der Waals surface area contributed by atoms with Gasteiger partial charge in [0.1, 0.15) is 0 Å². The lowest BCUT2D eigenvalue weighted by molar-refractivity contribution is 0.0947. The van der Waals surface area contributed by atoms with Crippen LogP contribution in [0.5, 0.6) is 0 Å². The third-order valence-corrected chi connectivity index (χ3v) is 4.46. The first-order valence-electron chi connectivity index (χ1n) is 6.96. The molecule has 0 unspecified atom stereocenters. The van der Waals surface area contributed by atoms with Gasteiger partial charge in [-0.05, 0) is 24.3 Å². The number of carbonyl (C=O) groups is 1. The van der Waals surface area contributed by atoms with Crippen LogP contribution in [0.1, 0.15) is 10.5 Å². The number of carbonyl (C=O) groups excluding carboxylic acids is 1. The highest BCUT2D eigenvalue weighted by atomic mass is 32.2. The molecule has 0 bridgehead atoms. The number of nitrogens with zero attached hydrogens (tertiary/aromatic N) is 1. The van der Waals surface area contributed by atoms with Crippen molar-refractivity contribution < 1.29 is 17.9 Å². The summed E-state index contributed by atoms with van der Waals surface area (Å²) in [6.07, 6.45) is 1.51. The number of nitrogens with one attached hydrogen (secondary N) is 1. The Morgan fingerprint density at radius 3 is 2.70 bits per heavy atom. The molecule has 1 amide bonds. The van der Waals surface area contributed by atoms with Crippen LogP contribution in [0.15, 0.2) is 68.6 Å². The highest BCUT2D eigenvalue weighted by molar-refractivity contribution is 7.85. The Labute approximate surface area is 134 Å². The summed E-state index contributed by atoms with van der Waals surface area (Å²) in [6.45, 7) is 0.281. The molecule has 0 radical (unpaired) electrons. The van der Waals surface area contributed by atoms with Gasteiger partial charge in [0.15, 0.2) is 11.5 Å². The molecule has 1 aromatic carbocycles. The normalized spacial score (nSPS) is 12.0. The first kappa shape index (κ1) is 15.2. The van der Waals surface area contributed by atoms with Crippen LogP contribution in [0.3, 0.4) is 0 Å². The van der Waals surface area contributed by atoms with Crippen LogP contribution in [-0.4, -0.2) is 27.6 Å². The zero-order valence-electron chi connectivity index (χ0n) is 12.1. The minimum Gasteiger partial charge on any atom is -0.461 e. The molecule has 2 heterocycles. The van der Waals surface area contributed by atoms with Gasteiger partial charge in [-0.2, -0.15) is 0 Å². The van der Waals surface area contributed by atoms with Crippen LogP contribution in [-0.2, 0) is 10.8 Å². The smallest absolute Gasteiger partial charge is 0.273 e. The predicted molar refractivity (Wildman–Crippen MR) is 84.3 cm³/mol. The average molecular weight is 330 g/mol. The second-order valence-corrected chi connectivity index (χ2v) is 6.24. The fourth-order valence-corrected chi connectivity index (χ4v) is 2.94. The topological polar surface area (TPSA) is 85.3 Å². The molecule has 0 spiro atoms. The molecule has 0 saturated heterocycles. The second kappa shape index (κ2) is 7.06. The lowest BCUT2D eigenvalue weighted by Gasteiger charge is -2.03. The Hall–Kier alpha value is -2.67. The second-order valence-electron chi connectivity index (χ2n) is 4.67. The molecule has 2 aromatic heterocycles. The molecule has 7 heteroatoms. The van der Waals surface area contributed by atoms with Crippen LogP contribution in [0.25, 0.3) is 11.5 Å². The third kappa shape index (κ3) is 3.75. The number of hydrogen-bond donors (Lipinski definition) is 1. The van der Waals surface area contributed by atoms with Crippen LogP contribution >= 0.6 is 0 Å². The summed E-state index contributed by atoms with van der Waals surface area (Å²) in [4.78, 5) is 12.7. The quantitative estimate of drug-likeness (QED) is 0.750. The van der Waals surface area contributed by atoms with Crippen molar-refractivity contribution in [3.63, 3.8) is 0 Å². The van der Waals surface area contributed by atoms with Crippen molar-refractivity contribution in [1.82, 2.24) is 10.5 Å². The van der Waals surface area contributed by atoms with Gasteiger partial charge >= 0.3 is 0 Å². The lowest BCUT2D eigenvalue weighted by Crippen LogP contribution is -2.27. The number of furan rings is 1. The van der Waals surface area contributed by atoms with E-state index in [9.17, 15) is 9.00 Å². The Balaban J connectivity index is 1.53.